The predicted octanol–water partition coefficient (Wildman–Crippen LogP) is 6.20. The van der Waals surface area contributed by atoms with Crippen molar-refractivity contribution in [1.29, 1.82) is 0 Å². The lowest BCUT2D eigenvalue weighted by molar-refractivity contribution is 1.22. The Morgan fingerprint density at radius 2 is 1.04 bits per heavy atom. The molecule has 0 aliphatic carbocycles. The van der Waals surface area contributed by atoms with E-state index in [0.717, 1.165) is 22.4 Å². The van der Waals surface area contributed by atoms with Gasteiger partial charge in [0.2, 0.25) is 0 Å². The minimum atomic E-state index is 1.05. The van der Waals surface area contributed by atoms with Crippen LogP contribution < -0.4 is 0 Å². The molecule has 0 spiro atoms. The molecule has 0 aliphatic heterocycles. The summed E-state index contributed by atoms with van der Waals surface area (Å²) in [6.07, 6.45) is 0. The molecule has 0 saturated carbocycles. The Hall–Kier alpha value is -2.04. The van der Waals surface area contributed by atoms with Crippen LogP contribution in [0.3, 0.4) is 0 Å². The number of fused-ring (bicyclic) bond motifs is 2. The van der Waals surface area contributed by atoms with Gasteiger partial charge >= 0.3 is 0 Å². The molecule has 0 atom stereocenters. The van der Waals surface area contributed by atoms with E-state index in [1.54, 1.807) is 21.6 Å². The third-order valence-corrected chi connectivity index (χ3v) is 6.28. The van der Waals surface area contributed by atoms with E-state index in [-0.39, 0.29) is 0 Å². The number of aryl methyl sites for hydroxylation is 2. The van der Waals surface area contributed by atoms with Gasteiger partial charge in [-0.2, -0.15) is 0 Å². The summed E-state index contributed by atoms with van der Waals surface area (Å²) in [7, 11) is 3.58. The smallest absolute Gasteiger partial charge is 0.0716 e. The minimum absolute atomic E-state index is 1.05. The van der Waals surface area contributed by atoms with Gasteiger partial charge in [0.15, 0.2) is 0 Å². The molecule has 4 heteroatoms. The lowest BCUT2D eigenvalue weighted by Gasteiger charge is -2.09. The van der Waals surface area contributed by atoms with Crippen molar-refractivity contribution in [2.75, 3.05) is 0 Å². The van der Waals surface area contributed by atoms with Gasteiger partial charge in [-0.15, -0.1) is 0 Å². The molecule has 0 bridgehead atoms. The highest BCUT2D eigenvalue weighted by Gasteiger charge is 2.09. The van der Waals surface area contributed by atoms with Crippen molar-refractivity contribution in [1.82, 2.24) is 9.97 Å². The van der Waals surface area contributed by atoms with Gasteiger partial charge in [0, 0.05) is 32.0 Å². The van der Waals surface area contributed by atoms with E-state index in [1.807, 2.05) is 26.0 Å². The number of hydrogen-bond donors (Lipinski definition) is 0. The average Bonchev–Trinajstić information content (AvgIpc) is 2.59. The third kappa shape index (κ3) is 2.99. The topological polar surface area (TPSA) is 25.8 Å². The third-order valence-electron chi connectivity index (χ3n) is 3.83. The maximum atomic E-state index is 4.62. The van der Waals surface area contributed by atoms with Gasteiger partial charge in [0.05, 0.1) is 11.0 Å². The second-order valence-electron chi connectivity index (χ2n) is 5.72. The van der Waals surface area contributed by atoms with Gasteiger partial charge in [0.25, 0.3) is 0 Å². The largest absolute Gasteiger partial charge is 0.253 e. The molecule has 0 aliphatic rings. The molecular formula is C20H16N2S2. The van der Waals surface area contributed by atoms with Gasteiger partial charge in [0.1, 0.15) is 0 Å². The summed E-state index contributed by atoms with van der Waals surface area (Å²) in [5.74, 6) is 0. The summed E-state index contributed by atoms with van der Waals surface area (Å²) in [6, 6.07) is 21.0. The van der Waals surface area contributed by atoms with Crippen molar-refractivity contribution < 1.29 is 0 Å². The summed E-state index contributed by atoms with van der Waals surface area (Å²) in [5.41, 5.74) is 4.20. The van der Waals surface area contributed by atoms with Crippen LogP contribution in [0.25, 0.3) is 21.8 Å². The number of para-hydroxylation sites is 2. The normalized spacial score (nSPS) is 11.2. The fourth-order valence-corrected chi connectivity index (χ4v) is 5.27. The average molecular weight is 348 g/mol. The Kier molecular flexibility index (Phi) is 4.17. The van der Waals surface area contributed by atoms with Gasteiger partial charge in [-0.3, -0.25) is 9.97 Å². The monoisotopic (exact) mass is 348 g/mol. The minimum Gasteiger partial charge on any atom is -0.253 e. The number of benzene rings is 2. The van der Waals surface area contributed by atoms with Crippen molar-refractivity contribution in [2.45, 2.75) is 23.6 Å². The Labute approximate surface area is 149 Å². The molecule has 2 heterocycles. The van der Waals surface area contributed by atoms with Gasteiger partial charge in [-0.25, -0.2) is 0 Å². The zero-order valence-corrected chi connectivity index (χ0v) is 15.1. The van der Waals surface area contributed by atoms with Crippen molar-refractivity contribution in [3.05, 3.63) is 72.1 Å². The lowest BCUT2D eigenvalue weighted by Crippen LogP contribution is -1.87. The van der Waals surface area contributed by atoms with Crippen molar-refractivity contribution in [2.24, 2.45) is 0 Å². The highest BCUT2D eigenvalue weighted by molar-refractivity contribution is 8.76. The fraction of sp³-hybridized carbons (Fsp3) is 0.100. The number of rotatable bonds is 3. The molecule has 2 aromatic carbocycles. The van der Waals surface area contributed by atoms with Crippen LogP contribution in [0.15, 0.2) is 70.5 Å². The summed E-state index contributed by atoms with van der Waals surface area (Å²) in [6.45, 7) is 4.10. The highest BCUT2D eigenvalue weighted by Crippen LogP contribution is 2.43. The first kappa shape index (κ1) is 15.5. The number of nitrogens with zero attached hydrogens (tertiary/aromatic N) is 2. The van der Waals surface area contributed by atoms with Crippen LogP contribution in [0.4, 0.5) is 0 Å². The second kappa shape index (κ2) is 6.46. The number of hydrogen-bond acceptors (Lipinski definition) is 4. The zero-order valence-electron chi connectivity index (χ0n) is 13.5. The quantitative estimate of drug-likeness (QED) is 0.412. The maximum Gasteiger partial charge on any atom is 0.0716 e. The van der Waals surface area contributed by atoms with E-state index in [4.69, 9.17) is 0 Å². The standard InChI is InChI=1S/C20H16N2S2/c1-13-11-19(15-7-3-5-9-17(15)21-13)23-24-20-12-14(2)22-18-10-6-4-8-16(18)20/h3-12H,1-2H3. The molecule has 0 N–H and O–H groups in total. The molecule has 2 aromatic heterocycles. The van der Waals surface area contributed by atoms with Crippen LogP contribution in [0, 0.1) is 13.8 Å². The Morgan fingerprint density at radius 1 is 0.625 bits per heavy atom. The first-order valence-corrected chi connectivity index (χ1v) is 9.93. The predicted molar refractivity (Wildman–Crippen MR) is 105 cm³/mol. The Balaban J connectivity index is 1.74. The molecule has 4 aromatic rings. The van der Waals surface area contributed by atoms with Crippen LogP contribution in [0.5, 0.6) is 0 Å². The molecule has 0 amide bonds. The van der Waals surface area contributed by atoms with E-state index in [1.165, 1.54) is 20.6 Å². The van der Waals surface area contributed by atoms with E-state index in [9.17, 15) is 0 Å². The van der Waals surface area contributed by atoms with Crippen LogP contribution in [-0.4, -0.2) is 9.97 Å². The molecule has 0 unspecified atom stereocenters. The van der Waals surface area contributed by atoms with E-state index in [2.05, 4.69) is 58.5 Å². The first-order valence-electron chi connectivity index (χ1n) is 7.78. The number of aromatic nitrogens is 2. The van der Waals surface area contributed by atoms with Crippen LogP contribution in [0.1, 0.15) is 11.4 Å². The summed E-state index contributed by atoms with van der Waals surface area (Å²) < 4.78 is 0. The van der Waals surface area contributed by atoms with Crippen molar-refractivity contribution >= 4 is 43.4 Å². The van der Waals surface area contributed by atoms with Gasteiger partial charge in [-0.1, -0.05) is 58.0 Å². The van der Waals surface area contributed by atoms with Crippen LogP contribution in [-0.2, 0) is 0 Å². The van der Waals surface area contributed by atoms with E-state index in [0.29, 0.717) is 0 Å². The molecule has 2 nitrogen and oxygen atoms in total. The molecule has 0 radical (unpaired) electrons. The van der Waals surface area contributed by atoms with Gasteiger partial charge < -0.3 is 0 Å². The number of pyridine rings is 2. The van der Waals surface area contributed by atoms with Gasteiger partial charge in [-0.05, 0) is 38.1 Å². The second-order valence-corrected chi connectivity index (χ2v) is 7.94. The van der Waals surface area contributed by atoms with Crippen molar-refractivity contribution in [3.63, 3.8) is 0 Å². The fourth-order valence-electron chi connectivity index (χ4n) is 2.77. The summed E-state index contributed by atoms with van der Waals surface area (Å²) in [4.78, 5) is 11.7. The van der Waals surface area contributed by atoms with E-state index >= 15 is 0 Å². The molecule has 118 valence electrons. The molecule has 24 heavy (non-hydrogen) atoms. The zero-order chi connectivity index (χ0) is 16.5. The van der Waals surface area contributed by atoms with Crippen LogP contribution >= 0.6 is 21.6 Å². The molecule has 4 rings (SSSR count). The Bertz CT molecular complexity index is 959. The summed E-state index contributed by atoms with van der Waals surface area (Å²) >= 11 is 0. The SMILES string of the molecule is Cc1cc(SSc2cc(C)nc3ccccc23)c2ccccc2n1. The first-order chi connectivity index (χ1) is 11.7. The van der Waals surface area contributed by atoms with Crippen molar-refractivity contribution in [3.8, 4) is 0 Å². The van der Waals surface area contributed by atoms with E-state index < -0.39 is 0 Å². The maximum absolute atomic E-state index is 4.62. The molecule has 0 fully saturated rings. The molecular weight excluding hydrogens is 332 g/mol. The van der Waals surface area contributed by atoms with Crippen LogP contribution in [0.2, 0.25) is 0 Å². The highest BCUT2D eigenvalue weighted by atomic mass is 33.1. The lowest BCUT2D eigenvalue weighted by atomic mass is 10.2. The molecule has 0 saturated heterocycles. The summed E-state index contributed by atoms with van der Waals surface area (Å²) in [5, 5.41) is 2.41. The Morgan fingerprint density at radius 3 is 1.50 bits per heavy atom.